The first-order chi connectivity index (χ1) is 9.19. The molecular formula is C12H14ClN5O. The van der Waals surface area contributed by atoms with E-state index in [0.717, 1.165) is 12.0 Å². The molecule has 0 saturated heterocycles. The number of halogens is 1. The third kappa shape index (κ3) is 3.75. The van der Waals surface area contributed by atoms with Gasteiger partial charge in [-0.3, -0.25) is 4.79 Å². The number of aromatic nitrogens is 4. The normalized spacial score (nSPS) is 10.4. The molecule has 1 amide bonds. The van der Waals surface area contributed by atoms with Crippen molar-refractivity contribution in [1.82, 2.24) is 25.5 Å². The van der Waals surface area contributed by atoms with Crippen LogP contribution >= 0.6 is 11.6 Å². The average molecular weight is 280 g/mol. The fourth-order valence-electron chi connectivity index (χ4n) is 1.50. The van der Waals surface area contributed by atoms with Gasteiger partial charge in [-0.05, 0) is 23.8 Å². The third-order valence-electron chi connectivity index (χ3n) is 2.39. The Morgan fingerprint density at radius 2 is 2.32 bits per heavy atom. The minimum atomic E-state index is -0.128. The number of hydrogen-bond donors (Lipinski definition) is 1. The number of hydrogen-bond acceptors (Lipinski definition) is 4. The van der Waals surface area contributed by atoms with E-state index < -0.39 is 0 Å². The Balaban J connectivity index is 2.05. The molecule has 100 valence electrons. The van der Waals surface area contributed by atoms with Gasteiger partial charge < -0.3 is 5.32 Å². The van der Waals surface area contributed by atoms with Crippen LogP contribution < -0.4 is 5.32 Å². The van der Waals surface area contributed by atoms with Crippen LogP contribution in [-0.4, -0.2) is 32.7 Å². The van der Waals surface area contributed by atoms with Crippen LogP contribution in [0.5, 0.6) is 0 Å². The highest BCUT2D eigenvalue weighted by Crippen LogP contribution is 2.18. The van der Waals surface area contributed by atoms with Crippen molar-refractivity contribution in [2.45, 2.75) is 19.9 Å². The molecule has 1 aromatic heterocycles. The lowest BCUT2D eigenvalue weighted by atomic mass is 10.2. The zero-order valence-corrected chi connectivity index (χ0v) is 11.3. The maximum atomic E-state index is 11.5. The Morgan fingerprint density at radius 1 is 1.47 bits per heavy atom. The Morgan fingerprint density at radius 3 is 3.05 bits per heavy atom. The molecule has 2 rings (SSSR count). The molecule has 0 spiro atoms. The van der Waals surface area contributed by atoms with Gasteiger partial charge in [0.05, 0.1) is 0 Å². The molecule has 0 aliphatic rings. The largest absolute Gasteiger partial charge is 0.354 e. The Bertz CT molecular complexity index is 569. The summed E-state index contributed by atoms with van der Waals surface area (Å²) >= 11 is 5.90. The molecular weight excluding hydrogens is 266 g/mol. The maximum absolute atomic E-state index is 11.5. The molecule has 0 radical (unpaired) electrons. The SMILES string of the molecule is CCCNC(=O)Cn1nnc(-c2cccc(Cl)c2)n1. The van der Waals surface area contributed by atoms with Gasteiger partial charge in [0, 0.05) is 17.1 Å². The van der Waals surface area contributed by atoms with Crippen LogP contribution in [0.1, 0.15) is 13.3 Å². The fraction of sp³-hybridized carbons (Fsp3) is 0.333. The van der Waals surface area contributed by atoms with E-state index in [0.29, 0.717) is 17.4 Å². The molecule has 0 aliphatic carbocycles. The first kappa shape index (κ1) is 13.5. The van der Waals surface area contributed by atoms with Gasteiger partial charge in [-0.2, -0.15) is 4.80 Å². The van der Waals surface area contributed by atoms with Crippen molar-refractivity contribution in [3.63, 3.8) is 0 Å². The molecule has 7 heteroatoms. The third-order valence-corrected chi connectivity index (χ3v) is 2.63. The van der Waals surface area contributed by atoms with Gasteiger partial charge in [0.25, 0.3) is 0 Å². The minimum Gasteiger partial charge on any atom is -0.354 e. The van der Waals surface area contributed by atoms with Gasteiger partial charge in [-0.25, -0.2) is 0 Å². The van der Waals surface area contributed by atoms with E-state index in [-0.39, 0.29) is 12.5 Å². The summed E-state index contributed by atoms with van der Waals surface area (Å²) in [4.78, 5) is 12.8. The fourth-order valence-corrected chi connectivity index (χ4v) is 1.69. The van der Waals surface area contributed by atoms with E-state index in [1.54, 1.807) is 12.1 Å². The summed E-state index contributed by atoms with van der Waals surface area (Å²) in [6.45, 7) is 2.70. The molecule has 0 saturated carbocycles. The number of rotatable bonds is 5. The number of tetrazole rings is 1. The molecule has 1 heterocycles. The van der Waals surface area contributed by atoms with Crippen LogP contribution in [-0.2, 0) is 11.3 Å². The molecule has 6 nitrogen and oxygen atoms in total. The minimum absolute atomic E-state index is 0.0631. The monoisotopic (exact) mass is 279 g/mol. The predicted octanol–water partition coefficient (Wildman–Crippen LogP) is 1.52. The van der Waals surface area contributed by atoms with Crippen molar-refractivity contribution in [3.05, 3.63) is 29.3 Å². The van der Waals surface area contributed by atoms with Crippen molar-refractivity contribution in [3.8, 4) is 11.4 Å². The first-order valence-electron chi connectivity index (χ1n) is 5.99. The molecule has 1 aromatic carbocycles. The highest BCUT2D eigenvalue weighted by molar-refractivity contribution is 6.30. The molecule has 0 bridgehead atoms. The van der Waals surface area contributed by atoms with E-state index >= 15 is 0 Å². The Labute approximate surface area is 115 Å². The Kier molecular flexibility index (Phi) is 4.46. The van der Waals surface area contributed by atoms with Crippen molar-refractivity contribution in [1.29, 1.82) is 0 Å². The molecule has 1 N–H and O–H groups in total. The van der Waals surface area contributed by atoms with Gasteiger partial charge in [0.15, 0.2) is 0 Å². The summed E-state index contributed by atoms with van der Waals surface area (Å²) in [5, 5.41) is 15.2. The summed E-state index contributed by atoms with van der Waals surface area (Å²) in [6, 6.07) is 7.17. The van der Waals surface area contributed by atoms with Gasteiger partial charge >= 0.3 is 0 Å². The number of carbonyl (C=O) groups is 1. The first-order valence-corrected chi connectivity index (χ1v) is 6.37. The van der Waals surface area contributed by atoms with E-state index in [1.807, 2.05) is 19.1 Å². The summed E-state index contributed by atoms with van der Waals surface area (Å²) in [5.41, 5.74) is 0.771. The average Bonchev–Trinajstić information content (AvgIpc) is 2.85. The molecule has 19 heavy (non-hydrogen) atoms. The van der Waals surface area contributed by atoms with Crippen molar-refractivity contribution >= 4 is 17.5 Å². The summed E-state index contributed by atoms with van der Waals surface area (Å²) in [7, 11) is 0. The maximum Gasteiger partial charge on any atom is 0.243 e. The van der Waals surface area contributed by atoms with E-state index in [4.69, 9.17) is 11.6 Å². The lowest BCUT2D eigenvalue weighted by Gasteiger charge is -2.01. The highest BCUT2D eigenvalue weighted by Gasteiger charge is 2.08. The van der Waals surface area contributed by atoms with E-state index in [2.05, 4.69) is 20.7 Å². The number of benzene rings is 1. The van der Waals surface area contributed by atoms with Crippen molar-refractivity contribution in [2.75, 3.05) is 6.54 Å². The van der Waals surface area contributed by atoms with Gasteiger partial charge in [0.1, 0.15) is 6.54 Å². The lowest BCUT2D eigenvalue weighted by molar-refractivity contribution is -0.122. The molecule has 0 unspecified atom stereocenters. The summed E-state index contributed by atoms with van der Waals surface area (Å²) < 4.78 is 0. The molecule has 0 fully saturated rings. The second kappa shape index (κ2) is 6.29. The lowest BCUT2D eigenvalue weighted by Crippen LogP contribution is -2.29. The van der Waals surface area contributed by atoms with Crippen LogP contribution in [0, 0.1) is 0 Å². The van der Waals surface area contributed by atoms with Gasteiger partial charge in [-0.15, -0.1) is 10.2 Å². The zero-order valence-electron chi connectivity index (χ0n) is 10.5. The molecule has 0 atom stereocenters. The second-order valence-electron chi connectivity index (χ2n) is 4.00. The number of nitrogens with zero attached hydrogens (tertiary/aromatic N) is 4. The van der Waals surface area contributed by atoms with Gasteiger partial charge in [0.2, 0.25) is 11.7 Å². The van der Waals surface area contributed by atoms with Crippen LogP contribution in [0.15, 0.2) is 24.3 Å². The smallest absolute Gasteiger partial charge is 0.243 e. The topological polar surface area (TPSA) is 72.7 Å². The standard InChI is InChI=1S/C12H14ClN5O/c1-2-6-14-11(19)8-18-16-12(15-17-18)9-4-3-5-10(13)7-9/h3-5,7H,2,6,8H2,1H3,(H,14,19). The zero-order chi connectivity index (χ0) is 13.7. The number of nitrogens with one attached hydrogen (secondary N) is 1. The predicted molar refractivity (Wildman–Crippen MR) is 71.6 cm³/mol. The van der Waals surface area contributed by atoms with Crippen molar-refractivity contribution in [2.24, 2.45) is 0 Å². The van der Waals surface area contributed by atoms with Crippen LogP contribution in [0.2, 0.25) is 5.02 Å². The van der Waals surface area contributed by atoms with Crippen LogP contribution in [0.4, 0.5) is 0 Å². The quantitative estimate of drug-likeness (QED) is 0.901. The van der Waals surface area contributed by atoms with Crippen LogP contribution in [0.25, 0.3) is 11.4 Å². The Hall–Kier alpha value is -1.95. The summed E-state index contributed by atoms with van der Waals surface area (Å²) in [5.74, 6) is 0.322. The second-order valence-corrected chi connectivity index (χ2v) is 4.44. The number of carbonyl (C=O) groups excluding carboxylic acids is 1. The molecule has 2 aromatic rings. The van der Waals surface area contributed by atoms with Crippen LogP contribution in [0.3, 0.4) is 0 Å². The van der Waals surface area contributed by atoms with E-state index in [1.165, 1.54) is 4.80 Å². The molecule has 0 aliphatic heterocycles. The summed E-state index contributed by atoms with van der Waals surface area (Å²) in [6.07, 6.45) is 0.893. The van der Waals surface area contributed by atoms with Crippen molar-refractivity contribution < 1.29 is 4.79 Å². The highest BCUT2D eigenvalue weighted by atomic mass is 35.5. The number of amides is 1. The van der Waals surface area contributed by atoms with Gasteiger partial charge in [-0.1, -0.05) is 30.7 Å². The van der Waals surface area contributed by atoms with E-state index in [9.17, 15) is 4.79 Å².